The topological polar surface area (TPSA) is 18.5 Å². The molecule has 0 bridgehead atoms. The second-order valence-corrected chi connectivity index (χ2v) is 5.76. The maximum absolute atomic E-state index is 13.7. The maximum Gasteiger partial charge on any atom is 0.125 e. The summed E-state index contributed by atoms with van der Waals surface area (Å²) in [5, 5.41) is 3.44. The van der Waals surface area contributed by atoms with Crippen molar-refractivity contribution in [3.05, 3.63) is 29.6 Å². The quantitative estimate of drug-likeness (QED) is 0.894. The van der Waals surface area contributed by atoms with Crippen LogP contribution in [-0.4, -0.2) is 44.2 Å². The Balaban J connectivity index is 1.69. The number of halogens is 1. The first-order valence-corrected chi connectivity index (χ1v) is 7.17. The third-order valence-corrected chi connectivity index (χ3v) is 3.98. The molecule has 3 rings (SSSR count). The van der Waals surface area contributed by atoms with Crippen molar-refractivity contribution in [1.29, 1.82) is 0 Å². The van der Waals surface area contributed by atoms with Crippen LogP contribution in [0.4, 0.5) is 10.1 Å². The molecule has 0 atom stereocenters. The van der Waals surface area contributed by atoms with Crippen LogP contribution in [0.3, 0.4) is 0 Å². The molecule has 1 aliphatic heterocycles. The van der Waals surface area contributed by atoms with Crippen molar-refractivity contribution in [2.24, 2.45) is 0 Å². The van der Waals surface area contributed by atoms with Crippen LogP contribution in [0.5, 0.6) is 0 Å². The van der Waals surface area contributed by atoms with Gasteiger partial charge in [0.15, 0.2) is 0 Å². The van der Waals surface area contributed by atoms with Gasteiger partial charge in [-0.1, -0.05) is 0 Å². The van der Waals surface area contributed by atoms with Gasteiger partial charge in [-0.3, -0.25) is 0 Å². The van der Waals surface area contributed by atoms with Crippen LogP contribution in [0, 0.1) is 5.82 Å². The van der Waals surface area contributed by atoms with E-state index >= 15 is 0 Å². The SMILES string of the molecule is CN1CCN(c2cc(F)cc(CNC3CC3)c2)CC1. The summed E-state index contributed by atoms with van der Waals surface area (Å²) in [5.41, 5.74) is 2.08. The van der Waals surface area contributed by atoms with Crippen LogP contribution < -0.4 is 10.2 Å². The molecule has 1 heterocycles. The van der Waals surface area contributed by atoms with E-state index in [1.807, 2.05) is 0 Å². The van der Waals surface area contributed by atoms with E-state index in [1.54, 1.807) is 12.1 Å². The highest BCUT2D eigenvalue weighted by molar-refractivity contribution is 5.49. The summed E-state index contributed by atoms with van der Waals surface area (Å²) < 4.78 is 13.7. The molecule has 1 aromatic rings. The minimum Gasteiger partial charge on any atom is -0.369 e. The zero-order chi connectivity index (χ0) is 13.2. The molecule has 1 saturated carbocycles. The Morgan fingerprint density at radius 1 is 1.16 bits per heavy atom. The Labute approximate surface area is 114 Å². The van der Waals surface area contributed by atoms with Crippen LogP contribution in [-0.2, 0) is 6.54 Å². The Bertz CT molecular complexity index is 437. The van der Waals surface area contributed by atoms with Gasteiger partial charge < -0.3 is 15.1 Å². The predicted octanol–water partition coefficient (Wildman–Crippen LogP) is 1.83. The second-order valence-electron chi connectivity index (χ2n) is 5.76. The first-order valence-electron chi connectivity index (χ1n) is 7.17. The number of likely N-dealkylation sites (N-methyl/N-ethyl adjacent to an activating group) is 1. The summed E-state index contributed by atoms with van der Waals surface area (Å²) >= 11 is 0. The number of nitrogens with one attached hydrogen (secondary N) is 1. The first-order chi connectivity index (χ1) is 9.20. The Kier molecular flexibility index (Phi) is 3.71. The molecule has 1 N–H and O–H groups in total. The van der Waals surface area contributed by atoms with Gasteiger partial charge in [0.2, 0.25) is 0 Å². The summed E-state index contributed by atoms with van der Waals surface area (Å²) in [7, 11) is 2.13. The highest BCUT2D eigenvalue weighted by atomic mass is 19.1. The van der Waals surface area contributed by atoms with E-state index < -0.39 is 0 Å². The third kappa shape index (κ3) is 3.45. The van der Waals surface area contributed by atoms with Crippen molar-refractivity contribution in [1.82, 2.24) is 10.2 Å². The molecule has 19 heavy (non-hydrogen) atoms. The smallest absolute Gasteiger partial charge is 0.125 e. The molecular formula is C15H22FN3. The zero-order valence-corrected chi connectivity index (χ0v) is 11.5. The summed E-state index contributed by atoms with van der Waals surface area (Å²) in [6, 6.07) is 6.10. The number of piperazine rings is 1. The van der Waals surface area contributed by atoms with Crippen molar-refractivity contribution in [3.8, 4) is 0 Å². The van der Waals surface area contributed by atoms with E-state index in [1.165, 1.54) is 12.8 Å². The largest absolute Gasteiger partial charge is 0.369 e. The molecule has 1 aromatic carbocycles. The number of nitrogens with zero attached hydrogens (tertiary/aromatic N) is 2. The standard InChI is InChI=1S/C15H22FN3/c1-18-4-6-19(7-5-18)15-9-12(8-13(16)10-15)11-17-14-2-3-14/h8-10,14,17H,2-7,11H2,1H3. The fourth-order valence-electron chi connectivity index (χ4n) is 2.53. The van der Waals surface area contributed by atoms with Gasteiger partial charge in [0.05, 0.1) is 0 Å². The summed E-state index contributed by atoms with van der Waals surface area (Å²) in [4.78, 5) is 4.59. The van der Waals surface area contributed by atoms with Gasteiger partial charge in [0, 0.05) is 44.5 Å². The van der Waals surface area contributed by atoms with Crippen molar-refractivity contribution in [2.45, 2.75) is 25.4 Å². The normalized spacial score (nSPS) is 20.8. The molecule has 0 radical (unpaired) electrons. The van der Waals surface area contributed by atoms with Gasteiger partial charge in [-0.25, -0.2) is 4.39 Å². The number of hydrogen-bond acceptors (Lipinski definition) is 3. The van der Waals surface area contributed by atoms with Gasteiger partial charge in [-0.2, -0.15) is 0 Å². The average molecular weight is 263 g/mol. The number of rotatable bonds is 4. The molecule has 0 unspecified atom stereocenters. The lowest BCUT2D eigenvalue weighted by atomic mass is 10.1. The highest BCUT2D eigenvalue weighted by Crippen LogP contribution is 2.22. The minimum absolute atomic E-state index is 0.121. The van der Waals surface area contributed by atoms with E-state index in [0.29, 0.717) is 6.04 Å². The van der Waals surface area contributed by atoms with E-state index in [-0.39, 0.29) is 5.82 Å². The Morgan fingerprint density at radius 3 is 2.58 bits per heavy atom. The minimum atomic E-state index is -0.121. The van der Waals surface area contributed by atoms with Crippen LogP contribution in [0.1, 0.15) is 18.4 Å². The molecule has 1 saturated heterocycles. The molecule has 0 spiro atoms. The number of anilines is 1. The van der Waals surface area contributed by atoms with Crippen LogP contribution >= 0.6 is 0 Å². The fraction of sp³-hybridized carbons (Fsp3) is 0.600. The number of hydrogen-bond donors (Lipinski definition) is 1. The molecule has 1 aliphatic carbocycles. The number of benzene rings is 1. The lowest BCUT2D eigenvalue weighted by molar-refractivity contribution is 0.312. The zero-order valence-electron chi connectivity index (χ0n) is 11.5. The molecule has 4 heteroatoms. The average Bonchev–Trinajstić information content (AvgIpc) is 3.20. The molecule has 0 amide bonds. The first kappa shape index (κ1) is 12.9. The van der Waals surface area contributed by atoms with Gasteiger partial charge in [0.1, 0.15) is 5.82 Å². The van der Waals surface area contributed by atoms with Gasteiger partial charge in [-0.15, -0.1) is 0 Å². The molecule has 0 aromatic heterocycles. The van der Waals surface area contributed by atoms with Crippen molar-refractivity contribution < 1.29 is 4.39 Å². The maximum atomic E-state index is 13.7. The lowest BCUT2D eigenvalue weighted by Crippen LogP contribution is -2.44. The van der Waals surface area contributed by atoms with Crippen molar-refractivity contribution >= 4 is 5.69 Å². The summed E-state index contributed by atoms with van der Waals surface area (Å²) in [6.07, 6.45) is 2.53. The van der Waals surface area contributed by atoms with E-state index in [0.717, 1.165) is 44.0 Å². The van der Waals surface area contributed by atoms with E-state index in [4.69, 9.17) is 0 Å². The van der Waals surface area contributed by atoms with Gasteiger partial charge >= 0.3 is 0 Å². The monoisotopic (exact) mass is 263 g/mol. The lowest BCUT2D eigenvalue weighted by Gasteiger charge is -2.34. The van der Waals surface area contributed by atoms with Crippen LogP contribution in [0.25, 0.3) is 0 Å². The second kappa shape index (κ2) is 5.47. The van der Waals surface area contributed by atoms with Crippen LogP contribution in [0.15, 0.2) is 18.2 Å². The van der Waals surface area contributed by atoms with Crippen molar-refractivity contribution in [2.75, 3.05) is 38.1 Å². The summed E-state index contributed by atoms with van der Waals surface area (Å²) in [5.74, 6) is -0.121. The van der Waals surface area contributed by atoms with Crippen LogP contribution in [0.2, 0.25) is 0 Å². The Morgan fingerprint density at radius 2 is 1.89 bits per heavy atom. The van der Waals surface area contributed by atoms with Gasteiger partial charge in [0.25, 0.3) is 0 Å². The van der Waals surface area contributed by atoms with E-state index in [2.05, 4.69) is 28.2 Å². The van der Waals surface area contributed by atoms with Crippen molar-refractivity contribution in [3.63, 3.8) is 0 Å². The Hall–Kier alpha value is -1.13. The van der Waals surface area contributed by atoms with E-state index in [9.17, 15) is 4.39 Å². The third-order valence-electron chi connectivity index (χ3n) is 3.98. The fourth-order valence-corrected chi connectivity index (χ4v) is 2.53. The summed E-state index contributed by atoms with van der Waals surface area (Å²) in [6.45, 7) is 4.84. The highest BCUT2D eigenvalue weighted by Gasteiger charge is 2.20. The van der Waals surface area contributed by atoms with Gasteiger partial charge in [-0.05, 0) is 43.7 Å². The molecular weight excluding hydrogens is 241 g/mol. The molecule has 2 fully saturated rings. The molecule has 2 aliphatic rings. The molecule has 104 valence electrons. The predicted molar refractivity (Wildman–Crippen MR) is 76.0 cm³/mol. The molecule has 3 nitrogen and oxygen atoms in total.